The van der Waals surface area contributed by atoms with Crippen molar-refractivity contribution in [2.75, 3.05) is 11.5 Å². The Hall–Kier alpha value is -0.340. The van der Waals surface area contributed by atoms with E-state index in [0.29, 0.717) is 0 Å². The van der Waals surface area contributed by atoms with Gasteiger partial charge in [-0.2, -0.15) is 0 Å². The third-order valence-electron chi connectivity index (χ3n) is 2.13. The summed E-state index contributed by atoms with van der Waals surface area (Å²) >= 11 is 4.18. The molecule has 1 aromatic carbocycles. The Labute approximate surface area is 94.2 Å². The van der Waals surface area contributed by atoms with E-state index in [0.717, 1.165) is 4.58 Å². The Morgan fingerprint density at radius 3 is 2.57 bits per heavy atom. The molecule has 1 aromatic rings. The van der Waals surface area contributed by atoms with E-state index in [4.69, 9.17) is 0 Å². The van der Waals surface area contributed by atoms with Gasteiger partial charge in [-0.25, -0.2) is 0 Å². The van der Waals surface area contributed by atoms with Gasteiger partial charge in [0.2, 0.25) is 0 Å². The summed E-state index contributed by atoms with van der Waals surface area (Å²) in [4.78, 5) is 0. The molecule has 0 saturated carbocycles. The molecule has 0 aliphatic carbocycles. The first-order valence-corrected chi connectivity index (χ1v) is 7.00. The lowest BCUT2D eigenvalue weighted by Gasteiger charge is -2.01. The van der Waals surface area contributed by atoms with Crippen molar-refractivity contribution in [3.05, 3.63) is 42.0 Å². The number of allylic oxidation sites excluding steroid dienone is 1. The average molecular weight is 222 g/mol. The van der Waals surface area contributed by atoms with Crippen molar-refractivity contribution >= 4 is 29.6 Å². The molecule has 0 nitrogen and oxygen atoms in total. The van der Waals surface area contributed by atoms with Crippen LogP contribution in [0.4, 0.5) is 0 Å². The Morgan fingerprint density at radius 2 is 1.86 bits per heavy atom. The fraction of sp³-hybridized carbons (Fsp3) is 0.333. The molecule has 0 bridgehead atoms. The normalized spacial score (nSPS) is 18.0. The summed E-state index contributed by atoms with van der Waals surface area (Å²) in [7, 11) is 0. The zero-order chi connectivity index (χ0) is 9.64. The van der Waals surface area contributed by atoms with Gasteiger partial charge < -0.3 is 0 Å². The molecule has 0 atom stereocenters. The van der Waals surface area contributed by atoms with Crippen LogP contribution in [0.5, 0.6) is 0 Å². The van der Waals surface area contributed by atoms with Gasteiger partial charge in [0.05, 0.1) is 4.58 Å². The van der Waals surface area contributed by atoms with E-state index in [1.165, 1.54) is 23.5 Å². The van der Waals surface area contributed by atoms with Crippen LogP contribution in [0.3, 0.4) is 0 Å². The Balaban J connectivity index is 1.82. The molecule has 0 aromatic heterocycles. The lowest BCUT2D eigenvalue weighted by molar-refractivity contribution is 1.20. The highest BCUT2D eigenvalue weighted by Crippen LogP contribution is 2.34. The van der Waals surface area contributed by atoms with E-state index >= 15 is 0 Å². The average Bonchev–Trinajstić information content (AvgIpc) is 2.72. The first-order valence-electron chi connectivity index (χ1n) is 4.90. The molecule has 2 rings (SSSR count). The quantitative estimate of drug-likeness (QED) is 0.761. The first-order chi connectivity index (χ1) is 6.95. The number of hydrogen-bond donors (Lipinski definition) is 0. The zero-order valence-corrected chi connectivity index (χ0v) is 9.69. The molecule has 0 radical (unpaired) electrons. The molecule has 14 heavy (non-hydrogen) atoms. The van der Waals surface area contributed by atoms with Crippen molar-refractivity contribution in [1.82, 2.24) is 0 Å². The highest BCUT2D eigenvalue weighted by Gasteiger charge is 2.13. The largest absolute Gasteiger partial charge is 0.146 e. The lowest BCUT2D eigenvalue weighted by atomic mass is 10.2. The van der Waals surface area contributed by atoms with Crippen LogP contribution in [-0.2, 0) is 0 Å². The summed E-state index contributed by atoms with van der Waals surface area (Å²) in [6, 6.07) is 10.5. The van der Waals surface area contributed by atoms with Gasteiger partial charge in [0.15, 0.2) is 0 Å². The molecule has 1 aliphatic rings. The van der Waals surface area contributed by atoms with Crippen LogP contribution in [0.15, 0.2) is 36.4 Å². The van der Waals surface area contributed by atoms with Crippen LogP contribution in [0, 0.1) is 0 Å². The van der Waals surface area contributed by atoms with Gasteiger partial charge in [0, 0.05) is 11.5 Å². The van der Waals surface area contributed by atoms with E-state index < -0.39 is 0 Å². The highest BCUT2D eigenvalue weighted by molar-refractivity contribution is 8.20. The van der Waals surface area contributed by atoms with E-state index in [1.807, 2.05) is 0 Å². The molecule has 0 unspecified atom stereocenters. The molecule has 1 heterocycles. The molecule has 0 amide bonds. The summed E-state index contributed by atoms with van der Waals surface area (Å²) in [5.74, 6) is 2.66. The smallest absolute Gasteiger partial charge is 0.0537 e. The van der Waals surface area contributed by atoms with Crippen molar-refractivity contribution in [1.29, 1.82) is 0 Å². The maximum absolute atomic E-state index is 2.30. The van der Waals surface area contributed by atoms with Gasteiger partial charge in [-0.3, -0.25) is 0 Å². The Kier molecular flexibility index (Phi) is 4.02. The van der Waals surface area contributed by atoms with Gasteiger partial charge in [0.1, 0.15) is 0 Å². The zero-order valence-electron chi connectivity index (χ0n) is 8.06. The monoisotopic (exact) mass is 222 g/mol. The van der Waals surface area contributed by atoms with Crippen molar-refractivity contribution in [2.24, 2.45) is 0 Å². The first kappa shape index (κ1) is 10.2. The van der Waals surface area contributed by atoms with Gasteiger partial charge in [-0.05, 0) is 12.0 Å². The SMILES string of the molecule is C(=Cc1ccccc1)CC1SCCS1. The van der Waals surface area contributed by atoms with Crippen LogP contribution >= 0.6 is 23.5 Å². The minimum absolute atomic E-state index is 0.801. The number of thioether (sulfide) groups is 2. The minimum atomic E-state index is 0.801. The summed E-state index contributed by atoms with van der Waals surface area (Å²) in [5.41, 5.74) is 1.31. The third-order valence-corrected chi connectivity index (χ3v) is 5.21. The number of rotatable bonds is 3. The summed E-state index contributed by atoms with van der Waals surface area (Å²) < 4.78 is 0.801. The summed E-state index contributed by atoms with van der Waals surface area (Å²) in [5, 5.41) is 0. The summed E-state index contributed by atoms with van der Waals surface area (Å²) in [6.07, 6.45) is 5.72. The second-order valence-corrected chi connectivity index (χ2v) is 6.14. The molecule has 0 N–H and O–H groups in total. The second-order valence-electron chi connectivity index (χ2n) is 3.22. The maximum Gasteiger partial charge on any atom is 0.0537 e. The van der Waals surface area contributed by atoms with Crippen LogP contribution in [0.2, 0.25) is 0 Å². The maximum atomic E-state index is 2.30. The van der Waals surface area contributed by atoms with Crippen LogP contribution in [0.25, 0.3) is 6.08 Å². The summed E-state index contributed by atoms with van der Waals surface area (Å²) in [6.45, 7) is 0. The van der Waals surface area contributed by atoms with Crippen molar-refractivity contribution in [2.45, 2.75) is 11.0 Å². The van der Waals surface area contributed by atoms with E-state index in [9.17, 15) is 0 Å². The Bertz CT molecular complexity index is 286. The molecule has 1 fully saturated rings. The number of benzene rings is 1. The minimum Gasteiger partial charge on any atom is -0.146 e. The topological polar surface area (TPSA) is 0 Å². The van der Waals surface area contributed by atoms with E-state index in [-0.39, 0.29) is 0 Å². The molecular weight excluding hydrogens is 208 g/mol. The van der Waals surface area contributed by atoms with Gasteiger partial charge >= 0.3 is 0 Å². The van der Waals surface area contributed by atoms with Gasteiger partial charge in [0.25, 0.3) is 0 Å². The molecular formula is C12H14S2. The number of hydrogen-bond acceptors (Lipinski definition) is 2. The van der Waals surface area contributed by atoms with Crippen LogP contribution < -0.4 is 0 Å². The molecule has 1 saturated heterocycles. The third kappa shape index (κ3) is 3.10. The van der Waals surface area contributed by atoms with Crippen LogP contribution in [0.1, 0.15) is 12.0 Å². The van der Waals surface area contributed by atoms with Crippen molar-refractivity contribution < 1.29 is 0 Å². The molecule has 1 aliphatic heterocycles. The predicted octanol–water partition coefficient (Wildman–Crippen LogP) is 3.90. The standard InChI is InChI=1S/C12H14S2/c1-2-5-11(6-3-1)7-4-8-12-13-9-10-14-12/h1-7,12H,8-10H2. The van der Waals surface area contributed by atoms with Crippen molar-refractivity contribution in [3.8, 4) is 0 Å². The van der Waals surface area contributed by atoms with E-state index in [2.05, 4.69) is 66.0 Å². The highest BCUT2D eigenvalue weighted by atomic mass is 32.2. The molecule has 2 heteroatoms. The van der Waals surface area contributed by atoms with Gasteiger partial charge in [-0.15, -0.1) is 23.5 Å². The Morgan fingerprint density at radius 1 is 1.14 bits per heavy atom. The second kappa shape index (κ2) is 5.52. The lowest BCUT2D eigenvalue weighted by Crippen LogP contribution is -1.86. The van der Waals surface area contributed by atoms with Gasteiger partial charge in [-0.1, -0.05) is 42.5 Å². The molecule has 74 valence electrons. The fourth-order valence-corrected chi connectivity index (χ4v) is 4.17. The molecule has 0 spiro atoms. The predicted molar refractivity (Wildman–Crippen MR) is 68.8 cm³/mol. The van der Waals surface area contributed by atoms with E-state index in [1.54, 1.807) is 0 Å². The van der Waals surface area contributed by atoms with Crippen LogP contribution in [-0.4, -0.2) is 16.1 Å². The fourth-order valence-electron chi connectivity index (χ4n) is 1.42. The van der Waals surface area contributed by atoms with Crippen molar-refractivity contribution in [3.63, 3.8) is 0 Å².